The Labute approximate surface area is 123 Å². The molecule has 0 saturated heterocycles. The Morgan fingerprint density at radius 2 is 2.16 bits per heavy atom. The van der Waals surface area contributed by atoms with Crippen molar-refractivity contribution in [1.82, 2.24) is 5.32 Å². The Kier molecular flexibility index (Phi) is 12.3. The van der Waals surface area contributed by atoms with Gasteiger partial charge in [0.05, 0.1) is 6.61 Å². The third-order valence-electron chi connectivity index (χ3n) is 2.68. The predicted molar refractivity (Wildman–Crippen MR) is 82.6 cm³/mol. The molecule has 0 heterocycles. The number of nitrogens with one attached hydrogen (secondary N) is 1. The minimum absolute atomic E-state index is 0. The first-order valence-corrected chi connectivity index (χ1v) is 6.63. The van der Waals surface area contributed by atoms with Crippen LogP contribution >= 0.6 is 12.4 Å². The molecule has 5 heteroatoms. The number of carbonyl (C=O) groups excluding carboxylic acids is 1. The first kappa shape index (κ1) is 20.7. The minimum atomic E-state index is -0.298. The van der Waals surface area contributed by atoms with E-state index in [1.165, 1.54) is 0 Å². The van der Waals surface area contributed by atoms with Crippen LogP contribution in [0.2, 0.25) is 0 Å². The second-order valence-corrected chi connectivity index (χ2v) is 5.38. The zero-order valence-electron chi connectivity index (χ0n) is 12.4. The monoisotopic (exact) mass is 292 g/mol. The number of nitrogens with two attached hydrogens (primary N) is 1. The van der Waals surface area contributed by atoms with Crippen molar-refractivity contribution in [3.63, 3.8) is 0 Å². The SMILES string of the molecule is C=CCOCCCC(=O)NC(C)(CN)CC(C)C.Cl. The highest BCUT2D eigenvalue weighted by molar-refractivity contribution is 5.85. The summed E-state index contributed by atoms with van der Waals surface area (Å²) in [6.45, 7) is 11.4. The van der Waals surface area contributed by atoms with Crippen LogP contribution in [-0.2, 0) is 9.53 Å². The van der Waals surface area contributed by atoms with E-state index >= 15 is 0 Å². The van der Waals surface area contributed by atoms with Crippen molar-refractivity contribution >= 4 is 18.3 Å². The van der Waals surface area contributed by atoms with Gasteiger partial charge < -0.3 is 15.8 Å². The predicted octanol–water partition coefficient (Wildman–Crippen LogP) is 2.27. The Balaban J connectivity index is 0. The standard InChI is InChI=1S/C14H28N2O2.ClH/c1-5-8-18-9-6-7-13(17)16-14(4,11-15)10-12(2)3;/h5,12H,1,6-11,15H2,2-4H3,(H,16,17);1H. The van der Waals surface area contributed by atoms with Crippen LogP contribution in [0.5, 0.6) is 0 Å². The topological polar surface area (TPSA) is 64.3 Å². The lowest BCUT2D eigenvalue weighted by molar-refractivity contribution is -0.123. The summed E-state index contributed by atoms with van der Waals surface area (Å²) in [6.07, 6.45) is 3.79. The molecular weight excluding hydrogens is 264 g/mol. The third kappa shape index (κ3) is 11.0. The largest absolute Gasteiger partial charge is 0.377 e. The molecule has 0 aromatic heterocycles. The third-order valence-corrected chi connectivity index (χ3v) is 2.68. The van der Waals surface area contributed by atoms with Gasteiger partial charge in [-0.2, -0.15) is 0 Å². The second kappa shape index (κ2) is 11.3. The zero-order chi connectivity index (χ0) is 14.0. The van der Waals surface area contributed by atoms with Gasteiger partial charge in [0.15, 0.2) is 0 Å². The molecule has 0 aliphatic rings. The van der Waals surface area contributed by atoms with Crippen molar-refractivity contribution < 1.29 is 9.53 Å². The van der Waals surface area contributed by atoms with Gasteiger partial charge in [0.1, 0.15) is 0 Å². The van der Waals surface area contributed by atoms with Crippen molar-refractivity contribution in [2.75, 3.05) is 19.8 Å². The lowest BCUT2D eigenvalue weighted by Gasteiger charge is -2.31. The zero-order valence-corrected chi connectivity index (χ0v) is 13.2. The fourth-order valence-corrected chi connectivity index (χ4v) is 1.99. The number of ether oxygens (including phenoxy) is 1. The first-order chi connectivity index (χ1) is 8.43. The molecule has 1 unspecified atom stereocenters. The van der Waals surface area contributed by atoms with E-state index in [0.29, 0.717) is 32.1 Å². The van der Waals surface area contributed by atoms with Crippen LogP contribution in [0.4, 0.5) is 0 Å². The summed E-state index contributed by atoms with van der Waals surface area (Å²) in [6, 6.07) is 0. The highest BCUT2D eigenvalue weighted by atomic mass is 35.5. The van der Waals surface area contributed by atoms with Gasteiger partial charge in [0, 0.05) is 25.1 Å². The fraction of sp³-hybridized carbons (Fsp3) is 0.786. The molecule has 114 valence electrons. The number of carbonyl (C=O) groups is 1. The molecule has 0 aromatic carbocycles. The molecule has 1 atom stereocenters. The van der Waals surface area contributed by atoms with E-state index in [0.717, 1.165) is 12.8 Å². The molecule has 0 aliphatic heterocycles. The van der Waals surface area contributed by atoms with Gasteiger partial charge in [0.25, 0.3) is 0 Å². The van der Waals surface area contributed by atoms with Crippen LogP contribution < -0.4 is 11.1 Å². The van der Waals surface area contributed by atoms with Crippen molar-refractivity contribution in [3.05, 3.63) is 12.7 Å². The van der Waals surface area contributed by atoms with Gasteiger partial charge in [-0.05, 0) is 25.7 Å². The fourth-order valence-electron chi connectivity index (χ4n) is 1.99. The summed E-state index contributed by atoms with van der Waals surface area (Å²) in [4.78, 5) is 11.8. The number of hydrogen-bond acceptors (Lipinski definition) is 3. The van der Waals surface area contributed by atoms with E-state index in [1.54, 1.807) is 6.08 Å². The van der Waals surface area contributed by atoms with Crippen LogP contribution in [0, 0.1) is 5.92 Å². The van der Waals surface area contributed by atoms with E-state index in [1.807, 2.05) is 6.92 Å². The Morgan fingerprint density at radius 3 is 2.63 bits per heavy atom. The molecule has 3 N–H and O–H groups in total. The molecule has 0 radical (unpaired) electrons. The van der Waals surface area contributed by atoms with Gasteiger partial charge in [-0.25, -0.2) is 0 Å². The molecule has 19 heavy (non-hydrogen) atoms. The summed E-state index contributed by atoms with van der Waals surface area (Å²) >= 11 is 0. The normalized spacial score (nSPS) is 13.5. The number of halogens is 1. The average Bonchev–Trinajstić information content (AvgIpc) is 2.27. The molecule has 0 rings (SSSR count). The number of hydrogen-bond donors (Lipinski definition) is 2. The highest BCUT2D eigenvalue weighted by Crippen LogP contribution is 2.15. The molecule has 0 aliphatic carbocycles. The van der Waals surface area contributed by atoms with Crippen LogP contribution in [0.25, 0.3) is 0 Å². The lowest BCUT2D eigenvalue weighted by atomic mass is 9.90. The van der Waals surface area contributed by atoms with E-state index in [-0.39, 0.29) is 23.9 Å². The summed E-state index contributed by atoms with van der Waals surface area (Å²) in [5, 5.41) is 3.03. The van der Waals surface area contributed by atoms with Crippen molar-refractivity contribution in [1.29, 1.82) is 0 Å². The molecule has 0 saturated carbocycles. The van der Waals surface area contributed by atoms with Gasteiger partial charge in [-0.3, -0.25) is 4.79 Å². The van der Waals surface area contributed by atoms with Gasteiger partial charge in [-0.1, -0.05) is 19.9 Å². The summed E-state index contributed by atoms with van der Waals surface area (Å²) < 4.78 is 5.23. The summed E-state index contributed by atoms with van der Waals surface area (Å²) in [7, 11) is 0. The van der Waals surface area contributed by atoms with E-state index in [4.69, 9.17) is 10.5 Å². The molecule has 1 amide bonds. The van der Waals surface area contributed by atoms with Crippen LogP contribution in [0.1, 0.15) is 40.0 Å². The molecule has 4 nitrogen and oxygen atoms in total. The van der Waals surface area contributed by atoms with E-state index in [9.17, 15) is 4.79 Å². The highest BCUT2D eigenvalue weighted by Gasteiger charge is 2.25. The number of rotatable bonds is 10. The van der Waals surface area contributed by atoms with Crippen molar-refractivity contribution in [3.8, 4) is 0 Å². The minimum Gasteiger partial charge on any atom is -0.377 e. The van der Waals surface area contributed by atoms with Crippen LogP contribution in [0.15, 0.2) is 12.7 Å². The first-order valence-electron chi connectivity index (χ1n) is 6.63. The van der Waals surface area contributed by atoms with Gasteiger partial charge in [-0.15, -0.1) is 19.0 Å². The molecule has 0 bridgehead atoms. The van der Waals surface area contributed by atoms with E-state index < -0.39 is 0 Å². The van der Waals surface area contributed by atoms with Crippen molar-refractivity contribution in [2.24, 2.45) is 11.7 Å². The Hall–Kier alpha value is -0.580. The van der Waals surface area contributed by atoms with E-state index in [2.05, 4.69) is 25.7 Å². The van der Waals surface area contributed by atoms with Gasteiger partial charge >= 0.3 is 0 Å². The second-order valence-electron chi connectivity index (χ2n) is 5.38. The summed E-state index contributed by atoms with van der Waals surface area (Å²) in [5.41, 5.74) is 5.45. The molecule has 0 spiro atoms. The molecular formula is C14H29ClN2O2. The molecule has 0 aromatic rings. The maximum atomic E-state index is 11.8. The quantitative estimate of drug-likeness (QED) is 0.479. The van der Waals surface area contributed by atoms with Crippen molar-refractivity contribution in [2.45, 2.75) is 45.6 Å². The maximum Gasteiger partial charge on any atom is 0.220 e. The maximum absolute atomic E-state index is 11.8. The average molecular weight is 293 g/mol. The lowest BCUT2D eigenvalue weighted by Crippen LogP contribution is -2.52. The number of amides is 1. The molecule has 0 fully saturated rings. The smallest absolute Gasteiger partial charge is 0.220 e. The van der Waals surface area contributed by atoms with Crippen LogP contribution in [0.3, 0.4) is 0 Å². The van der Waals surface area contributed by atoms with Gasteiger partial charge in [0.2, 0.25) is 5.91 Å². The Morgan fingerprint density at radius 1 is 1.53 bits per heavy atom. The van der Waals surface area contributed by atoms with Crippen LogP contribution in [-0.4, -0.2) is 31.2 Å². The Bertz CT molecular complexity index is 260. The summed E-state index contributed by atoms with van der Waals surface area (Å²) in [5.74, 6) is 0.556.